The van der Waals surface area contributed by atoms with Crippen LogP contribution < -0.4 is 5.73 Å². The summed E-state index contributed by atoms with van der Waals surface area (Å²) in [5, 5.41) is 0. The van der Waals surface area contributed by atoms with Crippen molar-refractivity contribution in [2.24, 2.45) is 11.7 Å². The van der Waals surface area contributed by atoms with Gasteiger partial charge in [0.25, 0.3) is 0 Å². The van der Waals surface area contributed by atoms with Gasteiger partial charge in [0, 0.05) is 39.1 Å². The molecule has 1 aliphatic heterocycles. The largest absolute Gasteiger partial charge is 0.343 e. The lowest BCUT2D eigenvalue weighted by molar-refractivity contribution is -0.132. The van der Waals surface area contributed by atoms with E-state index in [-0.39, 0.29) is 5.91 Å². The minimum atomic E-state index is 0.216. The van der Waals surface area contributed by atoms with Crippen LogP contribution in [-0.4, -0.2) is 48.9 Å². The van der Waals surface area contributed by atoms with Crippen LogP contribution in [0.25, 0.3) is 0 Å². The van der Waals surface area contributed by atoms with Gasteiger partial charge in [-0.05, 0) is 31.4 Å². The Bertz CT molecular complexity index is 427. The van der Waals surface area contributed by atoms with E-state index in [1.807, 2.05) is 4.90 Å². The lowest BCUT2D eigenvalue weighted by Crippen LogP contribution is -2.41. The van der Waals surface area contributed by atoms with Crippen LogP contribution in [0.1, 0.15) is 24.8 Å². The molecule has 4 heteroatoms. The van der Waals surface area contributed by atoms with Gasteiger partial charge in [0.1, 0.15) is 0 Å². The highest BCUT2D eigenvalue weighted by atomic mass is 16.2. The number of hydrogen-bond acceptors (Lipinski definition) is 3. The van der Waals surface area contributed by atoms with Gasteiger partial charge in [0.2, 0.25) is 5.91 Å². The predicted octanol–water partition coefficient (Wildman–Crippen LogP) is 1.71. The van der Waals surface area contributed by atoms with Crippen molar-refractivity contribution < 1.29 is 4.79 Å². The van der Waals surface area contributed by atoms with E-state index in [9.17, 15) is 4.79 Å². The lowest BCUT2D eigenvalue weighted by atomic mass is 9.96. The van der Waals surface area contributed by atoms with E-state index in [0.717, 1.165) is 39.0 Å². The topological polar surface area (TPSA) is 49.6 Å². The quantitative estimate of drug-likeness (QED) is 0.867. The van der Waals surface area contributed by atoms with Crippen LogP contribution >= 0.6 is 0 Å². The Morgan fingerprint density at radius 3 is 2.57 bits per heavy atom. The predicted molar refractivity (Wildman–Crippen MR) is 85.8 cm³/mol. The zero-order valence-electron chi connectivity index (χ0n) is 13.0. The molecule has 1 amide bonds. The second kappa shape index (κ2) is 8.15. The third-order valence-electron chi connectivity index (χ3n) is 4.19. The van der Waals surface area contributed by atoms with Crippen molar-refractivity contribution in [3.05, 3.63) is 35.9 Å². The highest BCUT2D eigenvalue weighted by Crippen LogP contribution is 2.19. The first-order valence-electron chi connectivity index (χ1n) is 7.89. The standard InChI is InChI=1S/C17H27N3O/c1-19(13-15-5-3-2-4-6-15)14-16-8-11-20(12-9-16)17(21)7-10-18/h2-6,16H,7-14,18H2,1H3. The molecule has 0 aliphatic carbocycles. The Morgan fingerprint density at radius 2 is 1.95 bits per heavy atom. The maximum Gasteiger partial charge on any atom is 0.223 e. The van der Waals surface area contributed by atoms with Crippen LogP contribution in [-0.2, 0) is 11.3 Å². The van der Waals surface area contributed by atoms with Crippen LogP contribution in [0.4, 0.5) is 0 Å². The van der Waals surface area contributed by atoms with Crippen LogP contribution in [0.15, 0.2) is 30.3 Å². The van der Waals surface area contributed by atoms with E-state index in [1.165, 1.54) is 5.56 Å². The molecule has 21 heavy (non-hydrogen) atoms. The zero-order chi connectivity index (χ0) is 15.1. The summed E-state index contributed by atoms with van der Waals surface area (Å²) < 4.78 is 0. The Kier molecular flexibility index (Phi) is 6.21. The number of rotatable bonds is 6. The van der Waals surface area contributed by atoms with Crippen molar-refractivity contribution >= 4 is 5.91 Å². The van der Waals surface area contributed by atoms with E-state index in [0.29, 0.717) is 18.9 Å². The monoisotopic (exact) mass is 289 g/mol. The summed E-state index contributed by atoms with van der Waals surface area (Å²) >= 11 is 0. The normalized spacial score (nSPS) is 16.4. The molecule has 116 valence electrons. The summed E-state index contributed by atoms with van der Waals surface area (Å²) in [6.45, 7) is 4.34. The molecular formula is C17H27N3O. The summed E-state index contributed by atoms with van der Waals surface area (Å²) in [6.07, 6.45) is 2.70. The van der Waals surface area contributed by atoms with E-state index >= 15 is 0 Å². The fraction of sp³-hybridized carbons (Fsp3) is 0.588. The number of carbonyl (C=O) groups excluding carboxylic acids is 1. The van der Waals surface area contributed by atoms with Crippen LogP contribution in [0, 0.1) is 5.92 Å². The van der Waals surface area contributed by atoms with Crippen LogP contribution in [0.5, 0.6) is 0 Å². The molecule has 1 fully saturated rings. The van der Waals surface area contributed by atoms with Gasteiger partial charge in [-0.15, -0.1) is 0 Å². The zero-order valence-corrected chi connectivity index (χ0v) is 13.0. The molecule has 0 spiro atoms. The molecule has 0 unspecified atom stereocenters. The van der Waals surface area contributed by atoms with E-state index in [1.54, 1.807) is 0 Å². The van der Waals surface area contributed by atoms with Gasteiger partial charge in [-0.3, -0.25) is 4.79 Å². The molecule has 0 atom stereocenters. The van der Waals surface area contributed by atoms with Crippen molar-refractivity contribution in [2.75, 3.05) is 33.2 Å². The Balaban J connectivity index is 1.72. The van der Waals surface area contributed by atoms with Gasteiger partial charge in [-0.1, -0.05) is 30.3 Å². The molecular weight excluding hydrogens is 262 g/mol. The number of nitrogens with two attached hydrogens (primary N) is 1. The van der Waals surface area contributed by atoms with Gasteiger partial charge < -0.3 is 15.5 Å². The Labute approximate surface area is 127 Å². The number of piperidine rings is 1. The highest BCUT2D eigenvalue weighted by molar-refractivity contribution is 5.76. The summed E-state index contributed by atoms with van der Waals surface area (Å²) in [7, 11) is 2.18. The number of amides is 1. The SMILES string of the molecule is CN(Cc1ccccc1)CC1CCN(C(=O)CCN)CC1. The fourth-order valence-electron chi connectivity index (χ4n) is 3.05. The number of likely N-dealkylation sites (tertiary alicyclic amines) is 1. The third-order valence-corrected chi connectivity index (χ3v) is 4.19. The molecule has 1 heterocycles. The average molecular weight is 289 g/mol. The fourth-order valence-corrected chi connectivity index (χ4v) is 3.05. The molecule has 0 bridgehead atoms. The molecule has 2 rings (SSSR count). The van der Waals surface area contributed by atoms with E-state index in [2.05, 4.69) is 42.3 Å². The van der Waals surface area contributed by atoms with Gasteiger partial charge >= 0.3 is 0 Å². The Morgan fingerprint density at radius 1 is 1.29 bits per heavy atom. The highest BCUT2D eigenvalue weighted by Gasteiger charge is 2.23. The second-order valence-corrected chi connectivity index (χ2v) is 6.05. The van der Waals surface area contributed by atoms with Crippen molar-refractivity contribution in [1.82, 2.24) is 9.80 Å². The maximum absolute atomic E-state index is 11.8. The molecule has 1 saturated heterocycles. The molecule has 0 aromatic heterocycles. The van der Waals surface area contributed by atoms with Crippen LogP contribution in [0.2, 0.25) is 0 Å². The molecule has 0 radical (unpaired) electrons. The smallest absolute Gasteiger partial charge is 0.223 e. The molecule has 1 aliphatic rings. The number of hydrogen-bond donors (Lipinski definition) is 1. The van der Waals surface area contributed by atoms with Crippen LogP contribution in [0.3, 0.4) is 0 Å². The molecule has 1 aromatic rings. The van der Waals surface area contributed by atoms with Gasteiger partial charge in [-0.2, -0.15) is 0 Å². The van der Waals surface area contributed by atoms with Crippen molar-refractivity contribution in [2.45, 2.75) is 25.8 Å². The first kappa shape index (κ1) is 16.0. The minimum Gasteiger partial charge on any atom is -0.343 e. The molecule has 1 aromatic carbocycles. The molecule has 2 N–H and O–H groups in total. The Hall–Kier alpha value is -1.39. The summed E-state index contributed by atoms with van der Waals surface area (Å²) in [4.78, 5) is 16.2. The van der Waals surface area contributed by atoms with Crippen molar-refractivity contribution in [3.63, 3.8) is 0 Å². The van der Waals surface area contributed by atoms with Gasteiger partial charge in [0.05, 0.1) is 0 Å². The van der Waals surface area contributed by atoms with Gasteiger partial charge in [-0.25, -0.2) is 0 Å². The van der Waals surface area contributed by atoms with E-state index < -0.39 is 0 Å². The average Bonchev–Trinajstić information content (AvgIpc) is 2.49. The maximum atomic E-state index is 11.8. The summed E-state index contributed by atoms with van der Waals surface area (Å²) in [6, 6.07) is 10.6. The lowest BCUT2D eigenvalue weighted by Gasteiger charge is -2.34. The minimum absolute atomic E-state index is 0.216. The first-order valence-corrected chi connectivity index (χ1v) is 7.89. The molecule has 0 saturated carbocycles. The third kappa shape index (κ3) is 5.14. The first-order chi connectivity index (χ1) is 10.2. The summed E-state index contributed by atoms with van der Waals surface area (Å²) in [5.74, 6) is 0.911. The van der Waals surface area contributed by atoms with Crippen molar-refractivity contribution in [1.29, 1.82) is 0 Å². The number of benzene rings is 1. The van der Waals surface area contributed by atoms with E-state index in [4.69, 9.17) is 5.73 Å². The molecule has 4 nitrogen and oxygen atoms in total. The van der Waals surface area contributed by atoms with Crippen molar-refractivity contribution in [3.8, 4) is 0 Å². The number of nitrogens with zero attached hydrogens (tertiary/aromatic N) is 2. The van der Waals surface area contributed by atoms with Gasteiger partial charge in [0.15, 0.2) is 0 Å². The second-order valence-electron chi connectivity index (χ2n) is 6.05. The summed E-state index contributed by atoms with van der Waals surface area (Å²) in [5.41, 5.74) is 6.81. The number of carbonyl (C=O) groups is 1.